The van der Waals surface area contributed by atoms with Gasteiger partial charge in [0.15, 0.2) is 0 Å². The molecule has 9 heteroatoms. The summed E-state index contributed by atoms with van der Waals surface area (Å²) in [6, 6.07) is 1.61. The molecule has 1 N–H and O–H groups in total. The van der Waals surface area contributed by atoms with Gasteiger partial charge in [0.2, 0.25) is 6.41 Å². The van der Waals surface area contributed by atoms with E-state index in [4.69, 9.17) is 0 Å². The van der Waals surface area contributed by atoms with Gasteiger partial charge < -0.3 is 5.32 Å². The zero-order chi connectivity index (χ0) is 14.0. The van der Waals surface area contributed by atoms with E-state index < -0.39 is 23.5 Å². The lowest BCUT2D eigenvalue weighted by molar-refractivity contribution is -0.162. The minimum absolute atomic E-state index is 0. The first kappa shape index (κ1) is 17.6. The molecule has 0 saturated heterocycles. The topological polar surface area (TPSA) is 29.1 Å². The Balaban J connectivity index is 0.00000324. The van der Waals surface area contributed by atoms with Crippen LogP contribution >= 0.6 is 12.4 Å². The van der Waals surface area contributed by atoms with Crippen LogP contribution in [0.25, 0.3) is 0 Å². The molecule has 0 aromatic heterocycles. The zero-order valence-electron chi connectivity index (χ0n) is 9.10. The average molecular weight is 308 g/mol. The van der Waals surface area contributed by atoms with Gasteiger partial charge in [0.25, 0.3) is 0 Å². The molecule has 1 amide bonds. The van der Waals surface area contributed by atoms with Gasteiger partial charge in [-0.1, -0.05) is 6.07 Å². The summed E-state index contributed by atoms with van der Waals surface area (Å²) >= 11 is 0. The van der Waals surface area contributed by atoms with Crippen molar-refractivity contribution < 1.29 is 31.1 Å². The molecule has 0 aliphatic rings. The first-order chi connectivity index (χ1) is 8.16. The van der Waals surface area contributed by atoms with Crippen LogP contribution in [0, 0.1) is 0 Å². The standard InChI is InChI=1S/C10H7F6NO.ClH/c11-9(12,13)7-2-1-6(4-17-5-18)3-8(7)10(14,15)16;/h1-3,5H,4H2,(H,17,18);1H. The van der Waals surface area contributed by atoms with Crippen molar-refractivity contribution in [1.29, 1.82) is 0 Å². The van der Waals surface area contributed by atoms with Crippen molar-refractivity contribution in [3.63, 3.8) is 0 Å². The van der Waals surface area contributed by atoms with Crippen molar-refractivity contribution in [2.45, 2.75) is 18.9 Å². The summed E-state index contributed by atoms with van der Waals surface area (Å²) in [6.07, 6.45) is -9.95. The molecule has 0 spiro atoms. The Hall–Kier alpha value is -1.44. The van der Waals surface area contributed by atoms with E-state index in [1.807, 2.05) is 0 Å². The molecule has 0 atom stereocenters. The molecular weight excluding hydrogens is 300 g/mol. The van der Waals surface area contributed by atoms with Crippen LogP contribution < -0.4 is 5.32 Å². The van der Waals surface area contributed by atoms with E-state index in [1.54, 1.807) is 0 Å². The molecule has 0 aliphatic carbocycles. The largest absolute Gasteiger partial charge is 0.417 e. The third-order valence-corrected chi connectivity index (χ3v) is 2.08. The summed E-state index contributed by atoms with van der Waals surface area (Å²) in [7, 11) is 0. The van der Waals surface area contributed by atoms with Crippen LogP contribution in [-0.4, -0.2) is 6.41 Å². The monoisotopic (exact) mass is 307 g/mol. The molecule has 19 heavy (non-hydrogen) atoms. The third-order valence-electron chi connectivity index (χ3n) is 2.08. The lowest BCUT2D eigenvalue weighted by Crippen LogP contribution is -2.18. The molecule has 0 bridgehead atoms. The average Bonchev–Trinajstić information content (AvgIpc) is 2.23. The highest BCUT2D eigenvalue weighted by Crippen LogP contribution is 2.40. The van der Waals surface area contributed by atoms with Crippen LogP contribution in [0.1, 0.15) is 16.7 Å². The Morgan fingerprint density at radius 3 is 1.95 bits per heavy atom. The predicted molar refractivity (Wildman–Crippen MR) is 56.6 cm³/mol. The van der Waals surface area contributed by atoms with Gasteiger partial charge >= 0.3 is 12.4 Å². The second kappa shape index (κ2) is 6.14. The van der Waals surface area contributed by atoms with Crippen molar-refractivity contribution in [2.24, 2.45) is 0 Å². The second-order valence-corrected chi connectivity index (χ2v) is 3.37. The van der Waals surface area contributed by atoms with Gasteiger partial charge in [-0.3, -0.25) is 4.79 Å². The van der Waals surface area contributed by atoms with Crippen molar-refractivity contribution in [3.05, 3.63) is 34.9 Å². The molecule has 1 aromatic rings. The van der Waals surface area contributed by atoms with E-state index in [1.165, 1.54) is 0 Å². The van der Waals surface area contributed by atoms with Crippen LogP contribution in [0.4, 0.5) is 26.3 Å². The number of benzene rings is 1. The van der Waals surface area contributed by atoms with Crippen LogP contribution in [-0.2, 0) is 23.7 Å². The Labute approximate surface area is 110 Å². The minimum atomic E-state index is -5.11. The highest BCUT2D eigenvalue weighted by atomic mass is 35.5. The van der Waals surface area contributed by atoms with Gasteiger partial charge in [0, 0.05) is 6.54 Å². The van der Waals surface area contributed by atoms with Gasteiger partial charge in [0.1, 0.15) is 0 Å². The molecule has 0 saturated carbocycles. The van der Waals surface area contributed by atoms with Crippen molar-refractivity contribution in [3.8, 4) is 0 Å². The Kier molecular flexibility index (Phi) is 5.67. The number of rotatable bonds is 3. The number of carbonyl (C=O) groups is 1. The number of hydrogen-bond acceptors (Lipinski definition) is 1. The van der Waals surface area contributed by atoms with E-state index in [2.05, 4.69) is 5.32 Å². The van der Waals surface area contributed by atoms with E-state index in [9.17, 15) is 31.1 Å². The zero-order valence-corrected chi connectivity index (χ0v) is 9.92. The number of hydrogen-bond donors (Lipinski definition) is 1. The number of amides is 1. The number of halogens is 7. The summed E-state index contributed by atoms with van der Waals surface area (Å²) < 4.78 is 74.6. The molecule has 0 unspecified atom stereocenters. The van der Waals surface area contributed by atoms with Crippen molar-refractivity contribution in [1.82, 2.24) is 5.32 Å². The van der Waals surface area contributed by atoms with Gasteiger partial charge in [-0.25, -0.2) is 0 Å². The van der Waals surface area contributed by atoms with E-state index in [-0.39, 0.29) is 30.9 Å². The maximum absolute atomic E-state index is 12.5. The maximum Gasteiger partial charge on any atom is 0.417 e. The van der Waals surface area contributed by atoms with Gasteiger partial charge in [0.05, 0.1) is 11.1 Å². The Bertz CT molecular complexity index is 443. The summed E-state index contributed by atoms with van der Waals surface area (Å²) in [4.78, 5) is 9.97. The first-order valence-electron chi connectivity index (χ1n) is 4.60. The highest BCUT2D eigenvalue weighted by Gasteiger charge is 2.42. The molecule has 2 nitrogen and oxygen atoms in total. The van der Waals surface area contributed by atoms with Gasteiger partial charge in [-0.05, 0) is 17.7 Å². The third kappa shape index (κ3) is 4.62. The SMILES string of the molecule is Cl.O=CNCc1ccc(C(F)(F)F)c(C(F)(F)F)c1. The van der Waals surface area contributed by atoms with Gasteiger partial charge in [-0.2, -0.15) is 26.3 Å². The fraction of sp³-hybridized carbons (Fsp3) is 0.300. The first-order valence-corrected chi connectivity index (χ1v) is 4.60. The fourth-order valence-corrected chi connectivity index (χ4v) is 1.34. The van der Waals surface area contributed by atoms with Crippen LogP contribution in [0.5, 0.6) is 0 Å². The van der Waals surface area contributed by atoms with Crippen molar-refractivity contribution >= 4 is 18.8 Å². The van der Waals surface area contributed by atoms with E-state index in [0.717, 1.165) is 6.07 Å². The molecule has 1 aromatic carbocycles. The number of carbonyl (C=O) groups excluding carboxylic acids is 1. The Morgan fingerprint density at radius 1 is 1.00 bits per heavy atom. The van der Waals surface area contributed by atoms with E-state index in [0.29, 0.717) is 12.1 Å². The molecule has 0 fully saturated rings. The lowest BCUT2D eigenvalue weighted by Gasteiger charge is -2.16. The second-order valence-electron chi connectivity index (χ2n) is 3.37. The molecule has 0 heterocycles. The minimum Gasteiger partial charge on any atom is -0.355 e. The highest BCUT2D eigenvalue weighted by molar-refractivity contribution is 5.85. The number of nitrogens with one attached hydrogen (secondary N) is 1. The van der Waals surface area contributed by atoms with E-state index >= 15 is 0 Å². The molecular formula is C10H8ClF6NO. The summed E-state index contributed by atoms with van der Waals surface area (Å²) in [6.45, 7) is -0.273. The lowest BCUT2D eigenvalue weighted by atomic mass is 10.0. The Morgan fingerprint density at radius 2 is 1.53 bits per heavy atom. The fourth-order valence-electron chi connectivity index (χ4n) is 1.34. The summed E-state index contributed by atoms with van der Waals surface area (Å²) in [5.41, 5.74) is -3.58. The van der Waals surface area contributed by atoms with Crippen LogP contribution in [0.3, 0.4) is 0 Å². The summed E-state index contributed by atoms with van der Waals surface area (Å²) in [5.74, 6) is 0. The van der Waals surface area contributed by atoms with Crippen LogP contribution in [0.15, 0.2) is 18.2 Å². The van der Waals surface area contributed by atoms with Gasteiger partial charge in [-0.15, -0.1) is 12.4 Å². The predicted octanol–water partition coefficient (Wildman–Crippen LogP) is 3.39. The van der Waals surface area contributed by atoms with Crippen molar-refractivity contribution in [2.75, 3.05) is 0 Å². The number of alkyl halides is 6. The summed E-state index contributed by atoms with van der Waals surface area (Å²) in [5, 5.41) is 2.07. The smallest absolute Gasteiger partial charge is 0.355 e. The normalized spacial score (nSPS) is 11.7. The molecule has 108 valence electrons. The quantitative estimate of drug-likeness (QED) is 0.673. The maximum atomic E-state index is 12.5. The molecule has 0 radical (unpaired) electrons. The van der Waals surface area contributed by atoms with Crippen LogP contribution in [0.2, 0.25) is 0 Å². The molecule has 1 rings (SSSR count). The molecule has 0 aliphatic heterocycles.